The molecule has 2 aromatic rings. The molecule has 1 amide bonds. The molecule has 1 aromatic heterocycles. The lowest BCUT2D eigenvalue weighted by atomic mass is 10.2. The first-order valence-corrected chi connectivity index (χ1v) is 6.28. The summed E-state index contributed by atoms with van der Waals surface area (Å²) in [6.45, 7) is 3.52. The van der Waals surface area contributed by atoms with Crippen molar-refractivity contribution < 1.29 is 4.79 Å². The fourth-order valence-electron chi connectivity index (χ4n) is 2.08. The van der Waals surface area contributed by atoms with Crippen LogP contribution in [0.2, 0.25) is 0 Å². The fourth-order valence-corrected chi connectivity index (χ4v) is 2.08. The van der Waals surface area contributed by atoms with Crippen molar-refractivity contribution >= 4 is 22.5 Å². The van der Waals surface area contributed by atoms with Crippen LogP contribution in [0.25, 0.3) is 10.9 Å². The summed E-state index contributed by atoms with van der Waals surface area (Å²) in [5.41, 5.74) is 2.06. The molecule has 0 bridgehead atoms. The predicted molar refractivity (Wildman–Crippen MR) is 74.8 cm³/mol. The number of amides is 1. The average Bonchev–Trinajstić information content (AvgIpc) is 2.73. The van der Waals surface area contributed by atoms with Gasteiger partial charge in [0.2, 0.25) is 5.91 Å². The van der Waals surface area contributed by atoms with Crippen LogP contribution in [0.1, 0.15) is 13.3 Å². The number of nitrogens with zero attached hydrogens (tertiary/aromatic N) is 1. The van der Waals surface area contributed by atoms with Crippen molar-refractivity contribution in [3.05, 3.63) is 30.5 Å². The zero-order valence-corrected chi connectivity index (χ0v) is 10.9. The van der Waals surface area contributed by atoms with E-state index < -0.39 is 0 Å². The highest BCUT2D eigenvalue weighted by molar-refractivity contribution is 5.95. The lowest BCUT2D eigenvalue weighted by Crippen LogP contribution is -2.24. The van der Waals surface area contributed by atoms with E-state index in [1.807, 2.05) is 12.1 Å². The van der Waals surface area contributed by atoms with Crippen LogP contribution in [0.3, 0.4) is 0 Å². The third-order valence-corrected chi connectivity index (χ3v) is 2.86. The maximum atomic E-state index is 11.5. The van der Waals surface area contributed by atoms with Gasteiger partial charge in [-0.1, -0.05) is 6.92 Å². The fraction of sp³-hybridized carbons (Fsp3) is 0.357. The van der Waals surface area contributed by atoms with E-state index in [0.717, 1.165) is 24.0 Å². The van der Waals surface area contributed by atoms with E-state index in [1.54, 1.807) is 7.05 Å². The van der Waals surface area contributed by atoms with Crippen LogP contribution in [0.5, 0.6) is 0 Å². The van der Waals surface area contributed by atoms with E-state index in [0.29, 0.717) is 6.54 Å². The number of aromatic nitrogens is 1. The zero-order valence-electron chi connectivity index (χ0n) is 10.9. The van der Waals surface area contributed by atoms with E-state index in [2.05, 4.69) is 40.5 Å². The molecule has 4 nitrogen and oxygen atoms in total. The molecule has 2 N–H and O–H groups in total. The van der Waals surface area contributed by atoms with E-state index in [1.165, 1.54) is 5.52 Å². The second kappa shape index (κ2) is 5.69. The highest BCUT2D eigenvalue weighted by Crippen LogP contribution is 2.20. The highest BCUT2D eigenvalue weighted by Gasteiger charge is 2.04. The van der Waals surface area contributed by atoms with Crippen molar-refractivity contribution in [2.45, 2.75) is 19.9 Å². The van der Waals surface area contributed by atoms with Gasteiger partial charge in [0.1, 0.15) is 0 Å². The van der Waals surface area contributed by atoms with Crippen LogP contribution < -0.4 is 10.6 Å². The molecule has 0 radical (unpaired) electrons. The maximum Gasteiger partial charge on any atom is 0.238 e. The summed E-state index contributed by atoms with van der Waals surface area (Å²) in [7, 11) is 1.76. The van der Waals surface area contributed by atoms with Gasteiger partial charge in [0.15, 0.2) is 0 Å². The van der Waals surface area contributed by atoms with Crippen molar-refractivity contribution in [2.24, 2.45) is 0 Å². The third kappa shape index (κ3) is 2.71. The van der Waals surface area contributed by atoms with Gasteiger partial charge in [-0.3, -0.25) is 4.79 Å². The molecule has 0 atom stereocenters. The lowest BCUT2D eigenvalue weighted by molar-refractivity contribution is -0.115. The summed E-state index contributed by atoms with van der Waals surface area (Å²) in [6.07, 6.45) is 3.21. The van der Waals surface area contributed by atoms with Crippen LogP contribution in [-0.4, -0.2) is 24.1 Å². The Morgan fingerprint density at radius 1 is 1.33 bits per heavy atom. The van der Waals surface area contributed by atoms with Crippen LogP contribution in [-0.2, 0) is 11.3 Å². The minimum Gasteiger partial charge on any atom is -0.347 e. The Bertz CT molecular complexity index is 545. The smallest absolute Gasteiger partial charge is 0.238 e. The zero-order chi connectivity index (χ0) is 13.0. The number of hydrogen-bond donors (Lipinski definition) is 2. The molecule has 1 heterocycles. The van der Waals surface area contributed by atoms with Crippen LogP contribution in [0, 0.1) is 0 Å². The van der Waals surface area contributed by atoms with Crippen LogP contribution in [0.4, 0.5) is 5.69 Å². The average molecular weight is 245 g/mol. The number of benzene rings is 1. The second-order valence-corrected chi connectivity index (χ2v) is 4.36. The number of hydrogen-bond acceptors (Lipinski definition) is 2. The summed E-state index contributed by atoms with van der Waals surface area (Å²) >= 11 is 0. The summed E-state index contributed by atoms with van der Waals surface area (Å²) in [4.78, 5) is 11.5. The minimum atomic E-state index is -0.0233. The number of aryl methyl sites for hydroxylation is 1. The van der Waals surface area contributed by atoms with Gasteiger partial charge in [0.25, 0.3) is 0 Å². The molecule has 0 unspecified atom stereocenters. The van der Waals surface area contributed by atoms with Crippen LogP contribution in [0.15, 0.2) is 30.5 Å². The quantitative estimate of drug-likeness (QED) is 0.848. The first kappa shape index (κ1) is 12.6. The Kier molecular flexibility index (Phi) is 3.99. The van der Waals surface area contributed by atoms with Gasteiger partial charge in [-0.15, -0.1) is 0 Å². The van der Waals surface area contributed by atoms with Crippen molar-refractivity contribution in [3.8, 4) is 0 Å². The van der Waals surface area contributed by atoms with Gasteiger partial charge in [0.05, 0.1) is 6.54 Å². The summed E-state index contributed by atoms with van der Waals surface area (Å²) in [6, 6.07) is 8.09. The van der Waals surface area contributed by atoms with Gasteiger partial charge in [-0.25, -0.2) is 0 Å². The minimum absolute atomic E-state index is 0.0233. The van der Waals surface area contributed by atoms with Gasteiger partial charge < -0.3 is 15.2 Å². The number of rotatable bonds is 5. The molecule has 1 aromatic carbocycles. The molecule has 96 valence electrons. The number of fused-ring (bicyclic) bond motifs is 1. The molecular weight excluding hydrogens is 226 g/mol. The molecule has 0 saturated carbocycles. The molecular formula is C14H19N3O. The molecule has 0 spiro atoms. The van der Waals surface area contributed by atoms with E-state index in [9.17, 15) is 4.79 Å². The molecule has 4 heteroatoms. The Morgan fingerprint density at radius 2 is 2.17 bits per heavy atom. The van der Waals surface area contributed by atoms with E-state index in [4.69, 9.17) is 0 Å². The number of nitrogens with one attached hydrogen (secondary N) is 2. The molecule has 0 saturated heterocycles. The number of carbonyl (C=O) groups excluding carboxylic acids is 1. The first-order chi connectivity index (χ1) is 8.74. The summed E-state index contributed by atoms with van der Waals surface area (Å²) in [5.74, 6) is -0.0233. The monoisotopic (exact) mass is 245 g/mol. The molecule has 0 aliphatic heterocycles. The second-order valence-electron chi connectivity index (χ2n) is 4.36. The largest absolute Gasteiger partial charge is 0.347 e. The van der Waals surface area contributed by atoms with Crippen LogP contribution >= 0.6 is 0 Å². The topological polar surface area (TPSA) is 46.1 Å². The lowest BCUT2D eigenvalue weighted by Gasteiger charge is -2.06. The highest BCUT2D eigenvalue weighted by atomic mass is 16.1. The first-order valence-electron chi connectivity index (χ1n) is 6.28. The van der Waals surface area contributed by atoms with Crippen molar-refractivity contribution in [1.82, 2.24) is 9.88 Å². The Hall–Kier alpha value is -1.81. The number of carbonyl (C=O) groups is 1. The van der Waals surface area contributed by atoms with Crippen molar-refractivity contribution in [3.63, 3.8) is 0 Å². The van der Waals surface area contributed by atoms with Gasteiger partial charge >= 0.3 is 0 Å². The van der Waals surface area contributed by atoms with E-state index >= 15 is 0 Å². The maximum absolute atomic E-state index is 11.5. The third-order valence-electron chi connectivity index (χ3n) is 2.86. The predicted octanol–water partition coefficient (Wildman–Crippen LogP) is 2.21. The number of likely N-dealkylation sites (N-methyl/N-ethyl adjacent to an activating group) is 1. The van der Waals surface area contributed by atoms with Crippen molar-refractivity contribution in [1.29, 1.82) is 0 Å². The standard InChI is InChI=1S/C14H19N3O/c1-3-7-17-8-6-11-9-12(4-5-13(11)17)16-14(18)10-15-2/h4-6,8-9,15H,3,7,10H2,1-2H3,(H,16,18). The molecule has 2 rings (SSSR count). The Labute approximate surface area is 107 Å². The van der Waals surface area contributed by atoms with Gasteiger partial charge in [-0.2, -0.15) is 0 Å². The Morgan fingerprint density at radius 3 is 2.89 bits per heavy atom. The molecule has 0 fully saturated rings. The molecule has 0 aliphatic carbocycles. The van der Waals surface area contributed by atoms with Gasteiger partial charge in [-0.05, 0) is 37.7 Å². The SMILES string of the molecule is CCCn1ccc2cc(NC(=O)CNC)ccc21. The molecule has 18 heavy (non-hydrogen) atoms. The normalized spacial score (nSPS) is 10.8. The Balaban J connectivity index is 2.20. The van der Waals surface area contributed by atoms with E-state index in [-0.39, 0.29) is 5.91 Å². The van der Waals surface area contributed by atoms with Gasteiger partial charge in [0, 0.05) is 29.3 Å². The summed E-state index contributed by atoms with van der Waals surface area (Å²) in [5, 5.41) is 6.85. The summed E-state index contributed by atoms with van der Waals surface area (Å²) < 4.78 is 2.23. The number of anilines is 1. The van der Waals surface area contributed by atoms with Crippen molar-refractivity contribution in [2.75, 3.05) is 18.9 Å². The molecule has 0 aliphatic rings.